The van der Waals surface area contributed by atoms with Gasteiger partial charge in [-0.05, 0) is 43.5 Å². The molecule has 0 atom stereocenters. The Labute approximate surface area is 141 Å². The van der Waals surface area contributed by atoms with Crippen molar-refractivity contribution >= 4 is 23.2 Å². The molecule has 0 saturated heterocycles. The summed E-state index contributed by atoms with van der Waals surface area (Å²) < 4.78 is 5.47. The van der Waals surface area contributed by atoms with Gasteiger partial charge in [-0.15, -0.1) is 0 Å². The number of halogens is 1. The number of hydrogen-bond donors (Lipinski definition) is 1. The van der Waals surface area contributed by atoms with Crippen LogP contribution < -0.4 is 10.1 Å². The first-order valence-electron chi connectivity index (χ1n) is 7.78. The molecule has 0 unspecified atom stereocenters. The van der Waals surface area contributed by atoms with Crippen LogP contribution in [-0.4, -0.2) is 13.0 Å². The Morgan fingerprint density at radius 2 is 1.91 bits per heavy atom. The zero-order valence-corrected chi connectivity index (χ0v) is 14.1. The van der Waals surface area contributed by atoms with Gasteiger partial charge in [0, 0.05) is 16.3 Å². The van der Waals surface area contributed by atoms with Crippen LogP contribution in [0.3, 0.4) is 0 Å². The largest absolute Gasteiger partial charge is 0.496 e. The SMILES string of the molecule is COc1ccccc1C1(C(=O)Nc2cccc(Cl)c2C)CCC1. The molecule has 1 saturated carbocycles. The van der Waals surface area contributed by atoms with Gasteiger partial charge in [0.25, 0.3) is 0 Å². The van der Waals surface area contributed by atoms with Crippen molar-refractivity contribution in [1.29, 1.82) is 0 Å². The molecule has 3 nitrogen and oxygen atoms in total. The fourth-order valence-corrected chi connectivity index (χ4v) is 3.35. The van der Waals surface area contributed by atoms with Gasteiger partial charge in [-0.2, -0.15) is 0 Å². The average molecular weight is 330 g/mol. The second kappa shape index (κ2) is 6.25. The number of hydrogen-bond acceptors (Lipinski definition) is 2. The molecule has 0 bridgehead atoms. The lowest BCUT2D eigenvalue weighted by molar-refractivity contribution is -0.124. The predicted molar refractivity (Wildman–Crippen MR) is 93.3 cm³/mol. The Kier molecular flexibility index (Phi) is 4.31. The van der Waals surface area contributed by atoms with Gasteiger partial charge in [-0.1, -0.05) is 42.3 Å². The predicted octanol–water partition coefficient (Wildman–Crippen LogP) is 4.72. The molecule has 1 aliphatic rings. The third-order valence-electron chi connectivity index (χ3n) is 4.78. The van der Waals surface area contributed by atoms with Crippen LogP contribution in [0.4, 0.5) is 5.69 Å². The van der Waals surface area contributed by atoms with Gasteiger partial charge in [0.1, 0.15) is 5.75 Å². The fourth-order valence-electron chi connectivity index (χ4n) is 3.17. The number of para-hydroxylation sites is 1. The standard InChI is InChI=1S/C19H20ClNO2/c1-13-15(20)8-5-9-16(13)21-18(22)19(11-6-12-19)14-7-3-4-10-17(14)23-2/h3-5,7-10H,6,11-12H2,1-2H3,(H,21,22). The number of rotatable bonds is 4. The highest BCUT2D eigenvalue weighted by Gasteiger charge is 2.47. The number of carbonyl (C=O) groups is 1. The van der Waals surface area contributed by atoms with E-state index in [1.165, 1.54) is 0 Å². The quantitative estimate of drug-likeness (QED) is 0.881. The second-order valence-corrected chi connectivity index (χ2v) is 6.41. The van der Waals surface area contributed by atoms with Gasteiger partial charge in [0.15, 0.2) is 0 Å². The minimum Gasteiger partial charge on any atom is -0.496 e. The van der Waals surface area contributed by atoms with Crippen LogP contribution in [0.15, 0.2) is 42.5 Å². The molecule has 3 rings (SSSR count). The summed E-state index contributed by atoms with van der Waals surface area (Å²) in [6.45, 7) is 1.91. The highest BCUT2D eigenvalue weighted by molar-refractivity contribution is 6.31. The van der Waals surface area contributed by atoms with E-state index in [0.29, 0.717) is 5.02 Å². The number of methoxy groups -OCH3 is 1. The van der Waals surface area contributed by atoms with Crippen LogP contribution in [0.2, 0.25) is 5.02 Å². The maximum Gasteiger partial charge on any atom is 0.235 e. The van der Waals surface area contributed by atoms with E-state index < -0.39 is 5.41 Å². The Morgan fingerprint density at radius 3 is 2.57 bits per heavy atom. The van der Waals surface area contributed by atoms with Crippen molar-refractivity contribution in [3.63, 3.8) is 0 Å². The summed E-state index contributed by atoms with van der Waals surface area (Å²) in [5.41, 5.74) is 2.10. The Balaban J connectivity index is 1.94. The molecule has 0 aromatic heterocycles. The summed E-state index contributed by atoms with van der Waals surface area (Å²) in [6.07, 6.45) is 2.71. The van der Waals surface area contributed by atoms with Crippen LogP contribution >= 0.6 is 11.6 Å². The van der Waals surface area contributed by atoms with Crippen LogP contribution in [0, 0.1) is 6.92 Å². The normalized spacial score (nSPS) is 15.6. The number of carbonyl (C=O) groups excluding carboxylic acids is 1. The molecule has 23 heavy (non-hydrogen) atoms. The van der Waals surface area contributed by atoms with Crippen molar-refractivity contribution in [2.45, 2.75) is 31.6 Å². The summed E-state index contributed by atoms with van der Waals surface area (Å²) >= 11 is 6.15. The van der Waals surface area contributed by atoms with Gasteiger partial charge in [0.2, 0.25) is 5.91 Å². The maximum atomic E-state index is 13.0. The van der Waals surface area contributed by atoms with E-state index in [1.807, 2.05) is 49.4 Å². The smallest absolute Gasteiger partial charge is 0.235 e. The molecular weight excluding hydrogens is 310 g/mol. The first-order valence-corrected chi connectivity index (χ1v) is 8.16. The first-order chi connectivity index (χ1) is 11.1. The molecule has 1 amide bonds. The van der Waals surface area contributed by atoms with Crippen LogP contribution in [0.5, 0.6) is 5.75 Å². The number of nitrogens with one attached hydrogen (secondary N) is 1. The van der Waals surface area contributed by atoms with Crippen molar-refractivity contribution < 1.29 is 9.53 Å². The molecule has 1 aliphatic carbocycles. The third kappa shape index (κ3) is 2.70. The van der Waals surface area contributed by atoms with E-state index in [0.717, 1.165) is 41.8 Å². The second-order valence-electron chi connectivity index (χ2n) is 6.00. The summed E-state index contributed by atoms with van der Waals surface area (Å²) in [5.74, 6) is 0.781. The van der Waals surface area contributed by atoms with Gasteiger partial charge in [0.05, 0.1) is 12.5 Å². The molecule has 0 heterocycles. The van der Waals surface area contributed by atoms with Crippen molar-refractivity contribution in [2.75, 3.05) is 12.4 Å². The van der Waals surface area contributed by atoms with Crippen molar-refractivity contribution in [3.05, 3.63) is 58.6 Å². The lowest BCUT2D eigenvalue weighted by Crippen LogP contribution is -2.46. The molecule has 0 radical (unpaired) electrons. The topological polar surface area (TPSA) is 38.3 Å². The van der Waals surface area contributed by atoms with Crippen LogP contribution in [-0.2, 0) is 10.2 Å². The zero-order valence-electron chi connectivity index (χ0n) is 13.4. The number of anilines is 1. The van der Waals surface area contributed by atoms with Crippen molar-refractivity contribution in [2.24, 2.45) is 0 Å². The summed E-state index contributed by atoms with van der Waals surface area (Å²) in [6, 6.07) is 13.3. The van der Waals surface area contributed by atoms with Gasteiger partial charge in [-0.25, -0.2) is 0 Å². The van der Waals surface area contributed by atoms with E-state index in [4.69, 9.17) is 16.3 Å². The van der Waals surface area contributed by atoms with Gasteiger partial charge in [-0.3, -0.25) is 4.79 Å². The number of amides is 1. The number of ether oxygens (including phenoxy) is 1. The molecule has 2 aromatic carbocycles. The van der Waals surface area contributed by atoms with E-state index in [2.05, 4.69) is 5.32 Å². The lowest BCUT2D eigenvalue weighted by atomic mass is 9.63. The summed E-state index contributed by atoms with van der Waals surface area (Å²) in [7, 11) is 1.64. The van der Waals surface area contributed by atoms with E-state index in [1.54, 1.807) is 7.11 Å². The molecular formula is C19H20ClNO2. The average Bonchev–Trinajstić information content (AvgIpc) is 2.51. The molecule has 1 fully saturated rings. The van der Waals surface area contributed by atoms with E-state index in [9.17, 15) is 4.79 Å². The zero-order chi connectivity index (χ0) is 16.4. The van der Waals surface area contributed by atoms with Crippen LogP contribution in [0.25, 0.3) is 0 Å². The van der Waals surface area contributed by atoms with Gasteiger partial charge < -0.3 is 10.1 Å². The van der Waals surface area contributed by atoms with E-state index >= 15 is 0 Å². The van der Waals surface area contributed by atoms with Gasteiger partial charge >= 0.3 is 0 Å². The monoisotopic (exact) mass is 329 g/mol. The van der Waals surface area contributed by atoms with Crippen LogP contribution in [0.1, 0.15) is 30.4 Å². The molecule has 4 heteroatoms. The van der Waals surface area contributed by atoms with Crippen molar-refractivity contribution in [3.8, 4) is 5.75 Å². The maximum absolute atomic E-state index is 13.0. The first kappa shape index (κ1) is 15.9. The summed E-state index contributed by atoms with van der Waals surface area (Å²) in [5, 5.41) is 3.72. The highest BCUT2D eigenvalue weighted by atomic mass is 35.5. The Hall–Kier alpha value is -2.00. The minimum atomic E-state index is -0.513. The molecule has 0 spiro atoms. The highest BCUT2D eigenvalue weighted by Crippen LogP contribution is 2.48. The Bertz CT molecular complexity index is 738. The Morgan fingerprint density at radius 1 is 1.17 bits per heavy atom. The summed E-state index contributed by atoms with van der Waals surface area (Å²) in [4.78, 5) is 13.0. The molecule has 0 aliphatic heterocycles. The van der Waals surface area contributed by atoms with Crippen molar-refractivity contribution in [1.82, 2.24) is 0 Å². The minimum absolute atomic E-state index is 0.0126. The fraction of sp³-hybridized carbons (Fsp3) is 0.316. The third-order valence-corrected chi connectivity index (χ3v) is 5.19. The lowest BCUT2D eigenvalue weighted by Gasteiger charge is -2.41. The molecule has 1 N–H and O–H groups in total. The van der Waals surface area contributed by atoms with E-state index in [-0.39, 0.29) is 5.91 Å². The number of benzene rings is 2. The molecule has 2 aromatic rings. The molecule has 120 valence electrons.